The van der Waals surface area contributed by atoms with Crippen molar-refractivity contribution < 1.29 is 18.0 Å². The van der Waals surface area contributed by atoms with Gasteiger partial charge >= 0.3 is 0 Å². The van der Waals surface area contributed by atoms with E-state index in [9.17, 15) is 18.0 Å². The van der Waals surface area contributed by atoms with Crippen LogP contribution in [0.4, 0.5) is 5.13 Å². The van der Waals surface area contributed by atoms with Crippen molar-refractivity contribution in [3.63, 3.8) is 0 Å². The molecule has 2 aromatic rings. The fraction of sp³-hybridized carbons (Fsp3) is 0.214. The Kier molecular flexibility index (Phi) is 3.69. The maximum atomic E-state index is 12.4. The van der Waals surface area contributed by atoms with Crippen LogP contribution in [0.15, 0.2) is 29.2 Å². The zero-order valence-corrected chi connectivity index (χ0v) is 14.0. The smallest absolute Gasteiger partial charge is 0.269 e. The van der Waals surface area contributed by atoms with Gasteiger partial charge in [0, 0.05) is 4.88 Å². The fourth-order valence-corrected chi connectivity index (χ4v) is 4.56. The number of hydrogen-bond donors (Lipinski definition) is 1. The number of thiazole rings is 1. The quantitative estimate of drug-likeness (QED) is 0.905. The van der Waals surface area contributed by atoms with Crippen LogP contribution in [0.5, 0.6) is 0 Å². The number of sulfonamides is 1. The molecule has 1 aliphatic rings. The number of nitrogens with zero attached hydrogens (tertiary/aromatic N) is 2. The van der Waals surface area contributed by atoms with E-state index in [1.54, 1.807) is 6.07 Å². The van der Waals surface area contributed by atoms with Crippen molar-refractivity contribution in [2.45, 2.75) is 18.7 Å². The third kappa shape index (κ3) is 2.62. The summed E-state index contributed by atoms with van der Waals surface area (Å²) in [6.45, 7) is 3.11. The molecule has 0 unspecified atom stereocenters. The molecule has 0 fully saturated rings. The Hall–Kier alpha value is -2.26. The van der Waals surface area contributed by atoms with E-state index in [2.05, 4.69) is 10.3 Å². The average Bonchev–Trinajstić information content (AvgIpc) is 2.90. The Balaban J connectivity index is 1.81. The number of fused-ring (bicyclic) bond motifs is 1. The third-order valence-electron chi connectivity index (χ3n) is 3.47. The molecule has 2 amide bonds. The minimum Gasteiger partial charge on any atom is -0.300 e. The predicted molar refractivity (Wildman–Crippen MR) is 84.9 cm³/mol. The molecule has 1 aromatic heterocycles. The summed E-state index contributed by atoms with van der Waals surface area (Å²) in [5, 5.41) is 2.91. The van der Waals surface area contributed by atoms with E-state index in [4.69, 9.17) is 0 Å². The first-order chi connectivity index (χ1) is 10.8. The molecule has 9 heteroatoms. The van der Waals surface area contributed by atoms with Gasteiger partial charge in [-0.3, -0.25) is 9.59 Å². The van der Waals surface area contributed by atoms with Crippen molar-refractivity contribution in [3.8, 4) is 0 Å². The van der Waals surface area contributed by atoms with Gasteiger partial charge in [0.1, 0.15) is 11.4 Å². The van der Waals surface area contributed by atoms with Crippen molar-refractivity contribution in [1.82, 2.24) is 9.29 Å². The Morgan fingerprint density at radius 2 is 2.00 bits per heavy atom. The maximum absolute atomic E-state index is 12.4. The van der Waals surface area contributed by atoms with Crippen LogP contribution in [0, 0.1) is 13.8 Å². The van der Waals surface area contributed by atoms with Gasteiger partial charge in [-0.15, -0.1) is 11.3 Å². The summed E-state index contributed by atoms with van der Waals surface area (Å²) in [4.78, 5) is 29.3. The van der Waals surface area contributed by atoms with Crippen LogP contribution in [0.2, 0.25) is 0 Å². The number of nitrogens with one attached hydrogen (secondary N) is 1. The molecular weight excluding hydrogens is 338 g/mol. The first-order valence-corrected chi connectivity index (χ1v) is 8.96. The molecule has 0 radical (unpaired) electrons. The van der Waals surface area contributed by atoms with Crippen LogP contribution >= 0.6 is 11.3 Å². The summed E-state index contributed by atoms with van der Waals surface area (Å²) in [5.74, 6) is -1.30. The lowest BCUT2D eigenvalue weighted by Gasteiger charge is -2.13. The number of amides is 2. The zero-order chi connectivity index (χ0) is 16.8. The van der Waals surface area contributed by atoms with E-state index >= 15 is 0 Å². The summed E-state index contributed by atoms with van der Waals surface area (Å²) in [7, 11) is -3.98. The topological polar surface area (TPSA) is 96.4 Å². The highest BCUT2D eigenvalue weighted by Crippen LogP contribution is 2.29. The fourth-order valence-electron chi connectivity index (χ4n) is 2.20. The lowest BCUT2D eigenvalue weighted by Crippen LogP contribution is -2.37. The van der Waals surface area contributed by atoms with Crippen molar-refractivity contribution in [1.29, 1.82) is 0 Å². The van der Waals surface area contributed by atoms with Crippen LogP contribution in [-0.2, 0) is 14.8 Å². The number of hydrogen-bond acceptors (Lipinski definition) is 6. The minimum absolute atomic E-state index is 0.0706. The second-order valence-corrected chi connectivity index (χ2v) is 8.06. The molecular formula is C14H13N3O4S2. The lowest BCUT2D eigenvalue weighted by atomic mass is 10.2. The molecule has 2 heterocycles. The van der Waals surface area contributed by atoms with E-state index in [0.29, 0.717) is 9.44 Å². The van der Waals surface area contributed by atoms with E-state index in [1.807, 2.05) is 13.8 Å². The molecule has 1 aliphatic heterocycles. The van der Waals surface area contributed by atoms with Crippen molar-refractivity contribution in [2.75, 3.05) is 11.9 Å². The molecule has 0 spiro atoms. The van der Waals surface area contributed by atoms with Crippen LogP contribution in [0.3, 0.4) is 0 Å². The molecule has 0 bridgehead atoms. The normalized spacial score (nSPS) is 15.6. The highest BCUT2D eigenvalue weighted by Gasteiger charge is 2.41. The zero-order valence-electron chi connectivity index (χ0n) is 12.4. The van der Waals surface area contributed by atoms with Gasteiger partial charge < -0.3 is 5.32 Å². The second-order valence-electron chi connectivity index (χ2n) is 5.02. The monoisotopic (exact) mass is 351 g/mol. The molecule has 0 aliphatic carbocycles. The number of aryl methyl sites for hydroxylation is 2. The third-order valence-corrected chi connectivity index (χ3v) is 6.25. The van der Waals surface area contributed by atoms with Crippen LogP contribution in [0.1, 0.15) is 20.9 Å². The second kappa shape index (κ2) is 5.43. The molecule has 23 heavy (non-hydrogen) atoms. The molecule has 3 rings (SSSR count). The van der Waals surface area contributed by atoms with E-state index in [1.165, 1.54) is 29.5 Å². The van der Waals surface area contributed by atoms with E-state index in [0.717, 1.165) is 10.6 Å². The average molecular weight is 351 g/mol. The SMILES string of the molecule is Cc1nc(NC(=O)CN2C(=O)c3ccccc3S2(=O)=O)sc1C. The summed E-state index contributed by atoms with van der Waals surface area (Å²) < 4.78 is 25.3. The summed E-state index contributed by atoms with van der Waals surface area (Å²) in [6.07, 6.45) is 0. The van der Waals surface area contributed by atoms with Crippen molar-refractivity contribution >= 4 is 38.3 Å². The highest BCUT2D eigenvalue weighted by atomic mass is 32.2. The van der Waals surface area contributed by atoms with Crippen LogP contribution < -0.4 is 5.32 Å². The van der Waals surface area contributed by atoms with Crippen molar-refractivity contribution in [3.05, 3.63) is 40.4 Å². The van der Waals surface area contributed by atoms with Gasteiger partial charge in [-0.2, -0.15) is 0 Å². The lowest BCUT2D eigenvalue weighted by molar-refractivity contribution is -0.116. The first-order valence-electron chi connectivity index (χ1n) is 6.70. The number of rotatable bonds is 3. The molecule has 0 atom stereocenters. The standard InChI is InChI=1S/C14H13N3O4S2/c1-8-9(2)22-14(15-8)16-12(18)7-17-13(19)10-5-3-4-6-11(10)23(17,20)21/h3-6H,7H2,1-2H3,(H,15,16,18). The van der Waals surface area contributed by atoms with Gasteiger partial charge in [-0.05, 0) is 26.0 Å². The number of carbonyl (C=O) groups is 2. The van der Waals surface area contributed by atoms with Gasteiger partial charge in [0.25, 0.3) is 15.9 Å². The molecule has 120 valence electrons. The largest absolute Gasteiger partial charge is 0.300 e. The Bertz CT molecular complexity index is 898. The van der Waals surface area contributed by atoms with Crippen LogP contribution in [0.25, 0.3) is 0 Å². The van der Waals surface area contributed by atoms with Gasteiger partial charge in [-0.1, -0.05) is 12.1 Å². The summed E-state index contributed by atoms with van der Waals surface area (Å²) in [6, 6.07) is 5.90. The van der Waals surface area contributed by atoms with Gasteiger partial charge in [-0.25, -0.2) is 17.7 Å². The Morgan fingerprint density at radius 1 is 1.30 bits per heavy atom. The number of anilines is 1. The Morgan fingerprint density at radius 3 is 2.61 bits per heavy atom. The van der Waals surface area contributed by atoms with Gasteiger partial charge in [0.15, 0.2) is 5.13 Å². The number of carbonyl (C=O) groups excluding carboxylic acids is 2. The summed E-state index contributed by atoms with van der Waals surface area (Å²) in [5.41, 5.74) is 0.879. The molecule has 1 aromatic carbocycles. The Labute approximate surface area is 137 Å². The highest BCUT2D eigenvalue weighted by molar-refractivity contribution is 7.90. The number of benzene rings is 1. The van der Waals surface area contributed by atoms with Crippen LogP contribution in [-0.4, -0.2) is 36.1 Å². The van der Waals surface area contributed by atoms with Crippen molar-refractivity contribution in [2.24, 2.45) is 0 Å². The first kappa shape index (κ1) is 15.6. The minimum atomic E-state index is -3.98. The summed E-state index contributed by atoms with van der Waals surface area (Å²) >= 11 is 1.29. The van der Waals surface area contributed by atoms with E-state index < -0.39 is 28.4 Å². The maximum Gasteiger partial charge on any atom is 0.269 e. The molecule has 0 saturated carbocycles. The molecule has 7 nitrogen and oxygen atoms in total. The van der Waals surface area contributed by atoms with Gasteiger partial charge in [0.2, 0.25) is 5.91 Å². The predicted octanol–water partition coefficient (Wildman–Crippen LogP) is 1.54. The van der Waals surface area contributed by atoms with E-state index in [-0.39, 0.29) is 10.5 Å². The van der Waals surface area contributed by atoms with Gasteiger partial charge in [0.05, 0.1) is 11.3 Å². The molecule has 0 saturated heterocycles. The molecule has 1 N–H and O–H groups in total. The number of aromatic nitrogens is 1.